The lowest BCUT2D eigenvalue weighted by Gasteiger charge is -2.11. The normalized spacial score (nSPS) is 11.5. The Balaban J connectivity index is 1.64. The van der Waals surface area contributed by atoms with Crippen molar-refractivity contribution in [3.05, 3.63) is 82.2 Å². The summed E-state index contributed by atoms with van der Waals surface area (Å²) < 4.78 is 27.0. The van der Waals surface area contributed by atoms with Crippen LogP contribution in [0.5, 0.6) is 0 Å². The highest BCUT2D eigenvalue weighted by molar-refractivity contribution is 7.89. The molecule has 4 aromatic rings. The van der Waals surface area contributed by atoms with Gasteiger partial charge in [0.2, 0.25) is 10.0 Å². The molecule has 1 amide bonds. The summed E-state index contributed by atoms with van der Waals surface area (Å²) in [5.74, 6) is -0.274. The summed E-state index contributed by atoms with van der Waals surface area (Å²) in [5, 5.41) is 3.62. The first-order valence-corrected chi connectivity index (χ1v) is 12.0. The van der Waals surface area contributed by atoms with Crippen LogP contribution in [0.2, 0.25) is 4.34 Å². The monoisotopic (exact) mass is 471 g/mol. The number of hydrogen-bond acceptors (Lipinski definition) is 5. The average Bonchev–Trinajstić information content (AvgIpc) is 3.23. The number of pyridine rings is 1. The summed E-state index contributed by atoms with van der Waals surface area (Å²) >= 11 is 7.46. The first-order valence-electron chi connectivity index (χ1n) is 9.33. The fraction of sp³-hybridized carbons (Fsp3) is 0.0909. The Morgan fingerprint density at radius 3 is 2.61 bits per heavy atom. The largest absolute Gasteiger partial charge is 0.348 e. The van der Waals surface area contributed by atoms with Gasteiger partial charge in [0.05, 0.1) is 30.9 Å². The van der Waals surface area contributed by atoms with Crippen LogP contribution in [0.1, 0.15) is 15.9 Å². The summed E-state index contributed by atoms with van der Waals surface area (Å²) in [6.07, 6.45) is 0. The van der Waals surface area contributed by atoms with E-state index in [2.05, 4.69) is 15.0 Å². The molecular formula is C22H18ClN3O3S2. The molecule has 0 aliphatic heterocycles. The van der Waals surface area contributed by atoms with Crippen LogP contribution in [0.25, 0.3) is 21.5 Å². The fourth-order valence-corrected chi connectivity index (χ4v) is 4.96. The maximum absolute atomic E-state index is 13.1. The smallest absolute Gasteiger partial charge is 0.252 e. The Kier molecular flexibility index (Phi) is 6.06. The summed E-state index contributed by atoms with van der Waals surface area (Å²) in [6.45, 7) is 0.183. The first-order chi connectivity index (χ1) is 14.9. The minimum Gasteiger partial charge on any atom is -0.348 e. The Labute approximate surface area is 189 Å². The van der Waals surface area contributed by atoms with Crippen molar-refractivity contribution < 1.29 is 13.2 Å². The summed E-state index contributed by atoms with van der Waals surface area (Å²) in [6, 6.07) is 19.3. The van der Waals surface area contributed by atoms with Crippen LogP contribution in [-0.4, -0.2) is 26.4 Å². The number of hydrogen-bond donors (Lipinski definition) is 2. The highest BCUT2D eigenvalue weighted by Crippen LogP contribution is 2.32. The van der Waals surface area contributed by atoms with E-state index < -0.39 is 10.0 Å². The first kappa shape index (κ1) is 21.5. The van der Waals surface area contributed by atoms with Crippen LogP contribution >= 0.6 is 22.9 Å². The number of thiophene rings is 1. The molecule has 2 N–H and O–H groups in total. The van der Waals surface area contributed by atoms with Crippen LogP contribution in [0.4, 0.5) is 0 Å². The van der Waals surface area contributed by atoms with E-state index in [1.54, 1.807) is 24.3 Å². The SMILES string of the molecule is CNS(=O)(=O)c1cccc(CNC(=O)c2cc(-c3ccc(Cl)s3)nc3ccccc23)c1. The van der Waals surface area contributed by atoms with E-state index in [1.165, 1.54) is 30.5 Å². The van der Waals surface area contributed by atoms with Gasteiger partial charge in [0.25, 0.3) is 5.91 Å². The molecule has 2 heterocycles. The number of nitrogens with zero attached hydrogens (tertiary/aromatic N) is 1. The summed E-state index contributed by atoms with van der Waals surface area (Å²) in [5.41, 5.74) is 2.54. The fourth-order valence-electron chi connectivity index (χ4n) is 3.16. The van der Waals surface area contributed by atoms with Gasteiger partial charge in [-0.2, -0.15) is 0 Å². The number of amides is 1. The number of aromatic nitrogens is 1. The van der Waals surface area contributed by atoms with Crippen molar-refractivity contribution in [2.45, 2.75) is 11.4 Å². The summed E-state index contributed by atoms with van der Waals surface area (Å²) in [7, 11) is -2.20. The highest BCUT2D eigenvalue weighted by atomic mass is 35.5. The lowest BCUT2D eigenvalue weighted by molar-refractivity contribution is 0.0952. The number of rotatable bonds is 6. The number of para-hydroxylation sites is 1. The molecule has 0 aliphatic carbocycles. The van der Waals surface area contributed by atoms with E-state index >= 15 is 0 Å². The Hall–Kier alpha value is -2.78. The predicted octanol–water partition coefficient (Wildman–Crippen LogP) is 4.45. The van der Waals surface area contributed by atoms with Gasteiger partial charge in [-0.3, -0.25) is 4.79 Å². The van der Waals surface area contributed by atoms with E-state index in [9.17, 15) is 13.2 Å². The molecule has 0 radical (unpaired) electrons. The second-order valence-corrected chi connectivity index (χ2v) is 10.3. The van der Waals surface area contributed by atoms with Crippen LogP contribution in [0.3, 0.4) is 0 Å². The third-order valence-electron chi connectivity index (χ3n) is 4.72. The van der Waals surface area contributed by atoms with Gasteiger partial charge in [-0.15, -0.1) is 11.3 Å². The van der Waals surface area contributed by atoms with E-state index in [-0.39, 0.29) is 17.3 Å². The Morgan fingerprint density at radius 2 is 1.87 bits per heavy atom. The van der Waals surface area contributed by atoms with Gasteiger partial charge in [-0.1, -0.05) is 41.9 Å². The zero-order valence-corrected chi connectivity index (χ0v) is 18.8. The van der Waals surface area contributed by atoms with Gasteiger partial charge < -0.3 is 5.32 Å². The van der Waals surface area contributed by atoms with Gasteiger partial charge >= 0.3 is 0 Å². The quantitative estimate of drug-likeness (QED) is 0.434. The topological polar surface area (TPSA) is 88.2 Å². The van der Waals surface area contributed by atoms with Gasteiger partial charge in [0, 0.05) is 11.9 Å². The lowest BCUT2D eigenvalue weighted by Crippen LogP contribution is -2.24. The molecule has 9 heteroatoms. The number of sulfonamides is 1. The number of carbonyl (C=O) groups excluding carboxylic acids is 1. The number of fused-ring (bicyclic) bond motifs is 1. The molecule has 6 nitrogen and oxygen atoms in total. The molecule has 0 unspecified atom stereocenters. The maximum atomic E-state index is 13.1. The molecule has 158 valence electrons. The zero-order valence-electron chi connectivity index (χ0n) is 16.4. The van der Waals surface area contributed by atoms with Crippen molar-refractivity contribution in [3.63, 3.8) is 0 Å². The maximum Gasteiger partial charge on any atom is 0.252 e. The van der Waals surface area contributed by atoms with Gasteiger partial charge in [-0.25, -0.2) is 18.1 Å². The minimum absolute atomic E-state index is 0.146. The van der Waals surface area contributed by atoms with Crippen molar-refractivity contribution in [1.82, 2.24) is 15.0 Å². The predicted molar refractivity (Wildman–Crippen MR) is 124 cm³/mol. The van der Waals surface area contributed by atoms with Crippen molar-refractivity contribution >= 4 is 49.8 Å². The number of benzene rings is 2. The van der Waals surface area contributed by atoms with Gasteiger partial charge in [0.1, 0.15) is 0 Å². The van der Waals surface area contributed by atoms with E-state index in [0.29, 0.717) is 26.7 Å². The highest BCUT2D eigenvalue weighted by Gasteiger charge is 2.16. The molecule has 2 aromatic carbocycles. The van der Waals surface area contributed by atoms with E-state index in [0.717, 1.165) is 10.3 Å². The number of nitrogens with one attached hydrogen (secondary N) is 2. The average molecular weight is 472 g/mol. The molecule has 4 rings (SSSR count). The molecular weight excluding hydrogens is 454 g/mol. The molecule has 2 aromatic heterocycles. The molecule has 0 atom stereocenters. The van der Waals surface area contributed by atoms with Crippen molar-refractivity contribution in [2.24, 2.45) is 0 Å². The molecule has 0 bridgehead atoms. The molecule has 0 saturated carbocycles. The third-order valence-corrected chi connectivity index (χ3v) is 7.38. The Morgan fingerprint density at radius 1 is 1.06 bits per heavy atom. The molecule has 31 heavy (non-hydrogen) atoms. The number of halogens is 1. The molecule has 0 spiro atoms. The van der Waals surface area contributed by atoms with Crippen LogP contribution in [0, 0.1) is 0 Å². The second kappa shape index (κ2) is 8.76. The van der Waals surface area contributed by atoms with Crippen molar-refractivity contribution in [3.8, 4) is 10.6 Å². The number of carbonyl (C=O) groups is 1. The van der Waals surface area contributed by atoms with Crippen molar-refractivity contribution in [1.29, 1.82) is 0 Å². The van der Waals surface area contributed by atoms with E-state index in [1.807, 2.05) is 30.3 Å². The van der Waals surface area contributed by atoms with Gasteiger partial charge in [-0.05, 0) is 49.0 Å². The molecule has 0 fully saturated rings. The summed E-state index contributed by atoms with van der Waals surface area (Å²) in [4.78, 5) is 18.7. The standard InChI is InChI=1S/C22H18ClN3O3S2/c1-24-31(28,29)15-6-4-5-14(11-15)13-25-22(27)17-12-19(20-9-10-21(23)30-20)26-18-8-3-2-7-16(17)18/h2-12,24H,13H2,1H3,(H,25,27). The second-order valence-electron chi connectivity index (χ2n) is 6.71. The van der Waals surface area contributed by atoms with Crippen LogP contribution in [0.15, 0.2) is 71.6 Å². The van der Waals surface area contributed by atoms with Gasteiger partial charge in [0.15, 0.2) is 0 Å². The van der Waals surface area contributed by atoms with Crippen LogP contribution < -0.4 is 10.0 Å². The molecule has 0 aliphatic rings. The zero-order chi connectivity index (χ0) is 22.0. The van der Waals surface area contributed by atoms with Crippen LogP contribution in [-0.2, 0) is 16.6 Å². The third kappa shape index (κ3) is 4.62. The lowest BCUT2D eigenvalue weighted by atomic mass is 10.1. The molecule has 0 saturated heterocycles. The van der Waals surface area contributed by atoms with E-state index in [4.69, 9.17) is 11.6 Å². The minimum atomic E-state index is -3.56. The van der Waals surface area contributed by atoms with Crippen molar-refractivity contribution in [2.75, 3.05) is 7.05 Å². The Bertz CT molecular complexity index is 1380.